The van der Waals surface area contributed by atoms with Gasteiger partial charge in [0.25, 0.3) is 0 Å². The van der Waals surface area contributed by atoms with E-state index in [1.807, 2.05) is 60.7 Å². The van der Waals surface area contributed by atoms with Gasteiger partial charge in [0.05, 0.1) is 13.2 Å². The normalized spacial score (nSPS) is 16.2. The number of carboxylic acid groups (broad SMARTS) is 1. The third-order valence-corrected chi connectivity index (χ3v) is 6.45. The standard InChI is InChI=1S/C28H27NO6/c30-26(31)25(16-18-10-12-19(13-11-18)27-33-14-5-15-34-27)29-28(32)35-17-24-22-8-3-1-6-20(22)21-7-2-4-9-23(21)24/h1-4,6-13,24-25,27H,5,14-17H2,(H,29,32)(H,30,31)/t25-/m0/s1. The topological polar surface area (TPSA) is 94.1 Å². The van der Waals surface area contributed by atoms with Crippen molar-refractivity contribution in [3.05, 3.63) is 95.1 Å². The molecule has 1 aliphatic heterocycles. The summed E-state index contributed by atoms with van der Waals surface area (Å²) >= 11 is 0. The maximum atomic E-state index is 12.6. The molecule has 0 saturated carbocycles. The van der Waals surface area contributed by atoms with Crippen LogP contribution in [0.25, 0.3) is 11.1 Å². The Morgan fingerprint density at radius 2 is 1.51 bits per heavy atom. The molecule has 3 aromatic carbocycles. The van der Waals surface area contributed by atoms with Crippen molar-refractivity contribution in [1.82, 2.24) is 5.32 Å². The maximum Gasteiger partial charge on any atom is 0.407 e. The molecule has 0 spiro atoms. The van der Waals surface area contributed by atoms with E-state index in [4.69, 9.17) is 14.2 Å². The first kappa shape index (κ1) is 23.1. The predicted octanol–water partition coefficient (Wildman–Crippen LogP) is 4.66. The zero-order valence-corrected chi connectivity index (χ0v) is 19.2. The summed E-state index contributed by atoms with van der Waals surface area (Å²) in [5.41, 5.74) is 6.12. The Hall–Kier alpha value is -3.68. The van der Waals surface area contributed by atoms with Crippen LogP contribution >= 0.6 is 0 Å². The van der Waals surface area contributed by atoms with E-state index in [1.54, 1.807) is 0 Å². The van der Waals surface area contributed by atoms with Gasteiger partial charge in [0.1, 0.15) is 12.6 Å². The van der Waals surface area contributed by atoms with E-state index in [-0.39, 0.29) is 18.9 Å². The van der Waals surface area contributed by atoms with Crippen molar-refractivity contribution in [1.29, 1.82) is 0 Å². The number of carbonyl (C=O) groups is 2. The molecular weight excluding hydrogens is 446 g/mol. The number of carboxylic acids is 1. The minimum atomic E-state index is -1.12. The van der Waals surface area contributed by atoms with Crippen molar-refractivity contribution in [3.63, 3.8) is 0 Å². The van der Waals surface area contributed by atoms with Gasteiger partial charge in [-0.3, -0.25) is 0 Å². The van der Waals surface area contributed by atoms with Gasteiger partial charge in [-0.15, -0.1) is 0 Å². The second-order valence-electron chi connectivity index (χ2n) is 8.73. The quantitative estimate of drug-likeness (QED) is 0.519. The monoisotopic (exact) mass is 473 g/mol. The number of carbonyl (C=O) groups excluding carboxylic acids is 1. The molecule has 2 aliphatic rings. The summed E-state index contributed by atoms with van der Waals surface area (Å²) < 4.78 is 16.7. The van der Waals surface area contributed by atoms with Crippen LogP contribution in [0.15, 0.2) is 72.8 Å². The largest absolute Gasteiger partial charge is 0.480 e. The fourth-order valence-corrected chi connectivity index (χ4v) is 4.71. The van der Waals surface area contributed by atoms with Crippen LogP contribution in [0.3, 0.4) is 0 Å². The van der Waals surface area contributed by atoms with Crippen LogP contribution in [0.5, 0.6) is 0 Å². The molecule has 3 aromatic rings. The third kappa shape index (κ3) is 5.06. The SMILES string of the molecule is O=C(N[C@@H](Cc1ccc(C2OCCCO2)cc1)C(=O)O)OCC1c2ccccc2-c2ccccc21. The summed E-state index contributed by atoms with van der Waals surface area (Å²) in [5.74, 6) is -1.21. The highest BCUT2D eigenvalue weighted by Crippen LogP contribution is 2.44. The molecule has 1 atom stereocenters. The smallest absolute Gasteiger partial charge is 0.407 e. The highest BCUT2D eigenvalue weighted by atomic mass is 16.7. The van der Waals surface area contributed by atoms with Crippen LogP contribution in [0, 0.1) is 0 Å². The molecule has 0 aromatic heterocycles. The number of hydrogen-bond donors (Lipinski definition) is 2. The summed E-state index contributed by atoms with van der Waals surface area (Å²) in [6.45, 7) is 1.43. The number of amides is 1. The van der Waals surface area contributed by atoms with Crippen molar-refractivity contribution in [2.45, 2.75) is 31.1 Å². The molecule has 1 amide bonds. The lowest BCUT2D eigenvalue weighted by Gasteiger charge is -2.23. The average Bonchev–Trinajstić information content (AvgIpc) is 3.21. The number of benzene rings is 3. The van der Waals surface area contributed by atoms with E-state index in [0.29, 0.717) is 13.2 Å². The fourth-order valence-electron chi connectivity index (χ4n) is 4.71. The first-order chi connectivity index (χ1) is 17.1. The van der Waals surface area contributed by atoms with E-state index in [1.165, 1.54) is 0 Å². The number of nitrogens with one attached hydrogen (secondary N) is 1. The Labute approximate surface area is 203 Å². The Morgan fingerprint density at radius 3 is 2.11 bits per heavy atom. The lowest BCUT2D eigenvalue weighted by molar-refractivity contribution is -0.183. The summed E-state index contributed by atoms with van der Waals surface area (Å²) in [6, 6.07) is 22.4. The molecule has 7 nitrogen and oxygen atoms in total. The van der Waals surface area contributed by atoms with Gasteiger partial charge in [0.2, 0.25) is 0 Å². The average molecular weight is 474 g/mol. The Kier molecular flexibility index (Phi) is 6.79. The second kappa shape index (κ2) is 10.3. The molecule has 2 N–H and O–H groups in total. The molecule has 1 heterocycles. The van der Waals surface area contributed by atoms with Gasteiger partial charge in [-0.05, 0) is 34.2 Å². The highest BCUT2D eigenvalue weighted by Gasteiger charge is 2.30. The number of fused-ring (bicyclic) bond motifs is 3. The zero-order chi connectivity index (χ0) is 24.2. The lowest BCUT2D eigenvalue weighted by Crippen LogP contribution is -2.42. The van der Waals surface area contributed by atoms with E-state index in [0.717, 1.165) is 39.8 Å². The molecular formula is C28H27NO6. The molecule has 1 saturated heterocycles. The molecule has 35 heavy (non-hydrogen) atoms. The van der Waals surface area contributed by atoms with Crippen LogP contribution in [0.2, 0.25) is 0 Å². The fraction of sp³-hybridized carbons (Fsp3) is 0.286. The van der Waals surface area contributed by atoms with Gasteiger partial charge in [-0.25, -0.2) is 9.59 Å². The van der Waals surface area contributed by atoms with Gasteiger partial charge in [0.15, 0.2) is 6.29 Å². The van der Waals surface area contributed by atoms with Crippen molar-refractivity contribution in [2.24, 2.45) is 0 Å². The molecule has 7 heteroatoms. The van der Waals surface area contributed by atoms with Crippen LogP contribution < -0.4 is 5.32 Å². The van der Waals surface area contributed by atoms with Crippen LogP contribution in [-0.2, 0) is 25.4 Å². The van der Waals surface area contributed by atoms with Crippen LogP contribution in [0.1, 0.15) is 40.9 Å². The molecule has 0 unspecified atom stereocenters. The first-order valence-electron chi connectivity index (χ1n) is 11.8. The van der Waals surface area contributed by atoms with Crippen LogP contribution in [0.4, 0.5) is 4.79 Å². The molecule has 180 valence electrons. The number of alkyl carbamates (subject to hydrolysis) is 1. The van der Waals surface area contributed by atoms with Gasteiger partial charge in [-0.2, -0.15) is 0 Å². The minimum absolute atomic E-state index is 0.0896. The molecule has 1 fully saturated rings. The number of ether oxygens (including phenoxy) is 3. The minimum Gasteiger partial charge on any atom is -0.480 e. The molecule has 5 rings (SSSR count). The van der Waals surface area contributed by atoms with Crippen molar-refractivity contribution in [3.8, 4) is 11.1 Å². The van der Waals surface area contributed by atoms with E-state index < -0.39 is 24.4 Å². The van der Waals surface area contributed by atoms with Gasteiger partial charge < -0.3 is 24.6 Å². The molecule has 1 aliphatic carbocycles. The predicted molar refractivity (Wildman–Crippen MR) is 129 cm³/mol. The van der Waals surface area contributed by atoms with E-state index in [9.17, 15) is 14.7 Å². The second-order valence-corrected chi connectivity index (χ2v) is 8.73. The van der Waals surface area contributed by atoms with E-state index in [2.05, 4.69) is 17.4 Å². The Bertz CT molecular complexity index is 1160. The van der Waals surface area contributed by atoms with Gasteiger partial charge in [0, 0.05) is 17.9 Å². The summed E-state index contributed by atoms with van der Waals surface area (Å²) in [4.78, 5) is 24.4. The number of rotatable bonds is 7. The maximum absolute atomic E-state index is 12.6. The highest BCUT2D eigenvalue weighted by molar-refractivity contribution is 5.81. The summed E-state index contributed by atoms with van der Waals surface area (Å²) in [5, 5.41) is 12.2. The lowest BCUT2D eigenvalue weighted by atomic mass is 9.98. The van der Waals surface area contributed by atoms with Gasteiger partial charge >= 0.3 is 12.1 Å². The van der Waals surface area contributed by atoms with E-state index >= 15 is 0 Å². The van der Waals surface area contributed by atoms with Crippen molar-refractivity contribution in [2.75, 3.05) is 19.8 Å². The third-order valence-electron chi connectivity index (χ3n) is 6.45. The van der Waals surface area contributed by atoms with Crippen molar-refractivity contribution < 1.29 is 28.9 Å². The molecule has 0 bridgehead atoms. The Balaban J connectivity index is 1.20. The Morgan fingerprint density at radius 1 is 0.914 bits per heavy atom. The number of aliphatic carboxylic acids is 1. The van der Waals surface area contributed by atoms with Crippen molar-refractivity contribution >= 4 is 12.1 Å². The van der Waals surface area contributed by atoms with Crippen LogP contribution in [-0.4, -0.2) is 43.0 Å². The number of hydrogen-bond acceptors (Lipinski definition) is 5. The first-order valence-corrected chi connectivity index (χ1v) is 11.8. The zero-order valence-electron chi connectivity index (χ0n) is 19.2. The van der Waals surface area contributed by atoms with Gasteiger partial charge in [-0.1, -0.05) is 72.8 Å². The summed E-state index contributed by atoms with van der Waals surface area (Å²) in [6.07, 6.45) is -0.144. The summed E-state index contributed by atoms with van der Waals surface area (Å²) in [7, 11) is 0. The molecule has 0 radical (unpaired) electrons.